The van der Waals surface area contributed by atoms with Gasteiger partial charge < -0.3 is 14.8 Å². The van der Waals surface area contributed by atoms with Crippen molar-refractivity contribution in [3.8, 4) is 11.5 Å². The fourth-order valence-electron chi connectivity index (χ4n) is 2.34. The first-order valence-electron chi connectivity index (χ1n) is 7.13. The number of halogens is 1. The predicted octanol–water partition coefficient (Wildman–Crippen LogP) is 3.19. The fraction of sp³-hybridized carbons (Fsp3) is 0.438. The first kappa shape index (κ1) is 15.7. The minimum atomic E-state index is 0. The van der Waals surface area contributed by atoms with Gasteiger partial charge in [0.05, 0.1) is 13.7 Å². The van der Waals surface area contributed by atoms with Crippen LogP contribution in [0, 0.1) is 0 Å². The summed E-state index contributed by atoms with van der Waals surface area (Å²) in [6.07, 6.45) is 7.20. The molecule has 1 saturated carbocycles. The van der Waals surface area contributed by atoms with Gasteiger partial charge in [0.2, 0.25) is 0 Å². The Morgan fingerprint density at radius 3 is 2.76 bits per heavy atom. The van der Waals surface area contributed by atoms with Gasteiger partial charge in [-0.2, -0.15) is 0 Å². The van der Waals surface area contributed by atoms with E-state index in [4.69, 9.17) is 9.47 Å². The number of nitrogens with zero attached hydrogens (tertiary/aromatic N) is 1. The summed E-state index contributed by atoms with van der Waals surface area (Å²) in [4.78, 5) is 4.49. The smallest absolute Gasteiger partial charge is 0.161 e. The highest BCUT2D eigenvalue weighted by molar-refractivity contribution is 5.88. The Labute approximate surface area is 131 Å². The third-order valence-corrected chi connectivity index (χ3v) is 3.52. The van der Waals surface area contributed by atoms with Crippen LogP contribution in [0.25, 0.3) is 6.08 Å². The van der Waals surface area contributed by atoms with E-state index in [1.165, 1.54) is 18.4 Å². The number of ether oxygens (including phenoxy) is 2. The predicted molar refractivity (Wildman–Crippen MR) is 87.7 cm³/mol. The molecule has 0 atom stereocenters. The summed E-state index contributed by atoms with van der Waals surface area (Å²) in [6, 6.07) is 4.71. The third-order valence-electron chi connectivity index (χ3n) is 3.52. The summed E-state index contributed by atoms with van der Waals surface area (Å²) in [5.41, 5.74) is 2.36. The van der Waals surface area contributed by atoms with Gasteiger partial charge in [-0.15, -0.1) is 12.4 Å². The summed E-state index contributed by atoms with van der Waals surface area (Å²) >= 11 is 0. The molecule has 0 saturated heterocycles. The molecule has 2 aliphatic rings. The molecule has 0 radical (unpaired) electrons. The van der Waals surface area contributed by atoms with Crippen LogP contribution in [-0.4, -0.2) is 25.6 Å². The molecular formula is C16H21ClN2O2. The van der Waals surface area contributed by atoms with Crippen LogP contribution in [-0.2, 0) is 6.42 Å². The molecule has 1 aliphatic heterocycles. The van der Waals surface area contributed by atoms with Crippen molar-refractivity contribution in [1.82, 2.24) is 5.32 Å². The van der Waals surface area contributed by atoms with Gasteiger partial charge in [0.15, 0.2) is 11.5 Å². The van der Waals surface area contributed by atoms with Gasteiger partial charge in [0.1, 0.15) is 5.84 Å². The molecule has 1 N–H and O–H groups in total. The van der Waals surface area contributed by atoms with Gasteiger partial charge >= 0.3 is 0 Å². The molecule has 0 unspecified atom stereocenters. The lowest BCUT2D eigenvalue weighted by molar-refractivity contribution is 0.310. The van der Waals surface area contributed by atoms with E-state index in [2.05, 4.69) is 16.4 Å². The lowest BCUT2D eigenvalue weighted by atomic mass is 10.0. The fourth-order valence-corrected chi connectivity index (χ4v) is 2.34. The van der Waals surface area contributed by atoms with Gasteiger partial charge in [0, 0.05) is 18.7 Å². The quantitative estimate of drug-likeness (QED) is 0.929. The zero-order chi connectivity index (χ0) is 13.9. The van der Waals surface area contributed by atoms with Crippen molar-refractivity contribution >= 4 is 24.3 Å². The lowest BCUT2D eigenvalue weighted by Crippen LogP contribution is -2.27. The molecule has 1 heterocycles. The minimum Gasteiger partial charge on any atom is -0.493 e. The zero-order valence-corrected chi connectivity index (χ0v) is 13.2. The van der Waals surface area contributed by atoms with Crippen molar-refractivity contribution in [2.75, 3.05) is 13.7 Å². The number of rotatable bonds is 4. The number of nitrogens with one attached hydrogen (secondary N) is 1. The summed E-state index contributed by atoms with van der Waals surface area (Å²) in [5, 5.41) is 3.48. The number of benzene rings is 1. The molecule has 0 bridgehead atoms. The molecule has 1 fully saturated rings. The number of aliphatic imine (C=N–C) groups is 1. The Kier molecular flexibility index (Phi) is 5.12. The summed E-state index contributed by atoms with van der Waals surface area (Å²) in [6.45, 7) is 2.60. The maximum atomic E-state index is 5.62. The monoisotopic (exact) mass is 308 g/mol. The zero-order valence-electron chi connectivity index (χ0n) is 12.4. The van der Waals surface area contributed by atoms with Crippen molar-refractivity contribution in [1.29, 1.82) is 0 Å². The summed E-state index contributed by atoms with van der Waals surface area (Å²) in [5.74, 6) is 2.61. The molecular weight excluding hydrogens is 288 g/mol. The molecule has 1 aliphatic carbocycles. The normalized spacial score (nSPS) is 16.2. The second kappa shape index (κ2) is 6.85. The number of hydrogen-bond acceptors (Lipinski definition) is 4. The second-order valence-corrected chi connectivity index (χ2v) is 5.12. The molecule has 21 heavy (non-hydrogen) atoms. The molecule has 0 amide bonds. The van der Waals surface area contributed by atoms with Gasteiger partial charge in [-0.1, -0.05) is 0 Å². The average molecular weight is 309 g/mol. The molecule has 0 aromatic heterocycles. The van der Waals surface area contributed by atoms with Crippen LogP contribution in [0.3, 0.4) is 0 Å². The molecule has 0 spiro atoms. The minimum absolute atomic E-state index is 0. The topological polar surface area (TPSA) is 42.9 Å². The highest BCUT2D eigenvalue weighted by Crippen LogP contribution is 2.32. The maximum Gasteiger partial charge on any atom is 0.161 e. The van der Waals surface area contributed by atoms with Crippen LogP contribution in [0.4, 0.5) is 0 Å². The van der Waals surface area contributed by atoms with Crippen LogP contribution in [0.1, 0.15) is 30.9 Å². The van der Waals surface area contributed by atoms with E-state index >= 15 is 0 Å². The highest BCUT2D eigenvalue weighted by atomic mass is 35.5. The van der Waals surface area contributed by atoms with Crippen molar-refractivity contribution in [2.24, 2.45) is 4.99 Å². The van der Waals surface area contributed by atoms with Crippen LogP contribution in [0.5, 0.6) is 11.5 Å². The van der Waals surface area contributed by atoms with Crippen LogP contribution < -0.4 is 14.8 Å². The maximum absolute atomic E-state index is 5.62. The summed E-state index contributed by atoms with van der Waals surface area (Å²) in [7, 11) is 1.67. The molecule has 4 nitrogen and oxygen atoms in total. The molecule has 3 rings (SSSR count). The van der Waals surface area contributed by atoms with Gasteiger partial charge in [-0.25, -0.2) is 4.99 Å². The second-order valence-electron chi connectivity index (χ2n) is 5.12. The van der Waals surface area contributed by atoms with E-state index in [9.17, 15) is 0 Å². The number of amidine groups is 1. The van der Waals surface area contributed by atoms with E-state index in [0.717, 1.165) is 29.3 Å². The lowest BCUT2D eigenvalue weighted by Gasteiger charge is -2.14. The van der Waals surface area contributed by atoms with Crippen LogP contribution >= 0.6 is 12.4 Å². The van der Waals surface area contributed by atoms with Crippen LogP contribution in [0.2, 0.25) is 0 Å². The standard InChI is InChI=1S/C16H20N2O2.ClH/c1-3-20-15-8-11-6-7-17-16(18-13-4-5-13)10-12(11)9-14(15)19-2;/h6-9,13H,3-5,10H2,1-2H3,(H,17,18);1H. The van der Waals surface area contributed by atoms with Crippen molar-refractivity contribution in [2.45, 2.75) is 32.2 Å². The van der Waals surface area contributed by atoms with Gasteiger partial charge in [0.25, 0.3) is 0 Å². The molecule has 114 valence electrons. The van der Waals surface area contributed by atoms with E-state index < -0.39 is 0 Å². The molecule has 1 aromatic rings. The first-order chi connectivity index (χ1) is 9.80. The van der Waals surface area contributed by atoms with Crippen molar-refractivity contribution < 1.29 is 9.47 Å². The Balaban J connectivity index is 0.00000161. The first-order valence-corrected chi connectivity index (χ1v) is 7.13. The van der Waals surface area contributed by atoms with E-state index in [1.807, 2.05) is 25.3 Å². The molecule has 5 heteroatoms. The average Bonchev–Trinajstić information content (AvgIpc) is 3.26. The largest absolute Gasteiger partial charge is 0.493 e. The Bertz CT molecular complexity index is 566. The van der Waals surface area contributed by atoms with Crippen molar-refractivity contribution in [3.63, 3.8) is 0 Å². The van der Waals surface area contributed by atoms with Gasteiger partial charge in [-0.05, 0) is 49.1 Å². The molecule has 1 aromatic carbocycles. The SMILES string of the molecule is CCOc1cc2c(cc1OC)CC(NC1CC1)=NC=C2.Cl. The highest BCUT2D eigenvalue weighted by Gasteiger charge is 2.23. The number of hydrogen-bond donors (Lipinski definition) is 1. The Hall–Kier alpha value is -1.68. The van der Waals surface area contributed by atoms with E-state index in [1.54, 1.807) is 7.11 Å². The van der Waals surface area contributed by atoms with Crippen molar-refractivity contribution in [3.05, 3.63) is 29.5 Å². The van der Waals surface area contributed by atoms with Crippen LogP contribution in [0.15, 0.2) is 23.3 Å². The Morgan fingerprint density at radius 2 is 2.10 bits per heavy atom. The van der Waals surface area contributed by atoms with E-state index in [0.29, 0.717) is 12.6 Å². The van der Waals surface area contributed by atoms with E-state index in [-0.39, 0.29) is 12.4 Å². The third kappa shape index (κ3) is 3.70. The summed E-state index contributed by atoms with van der Waals surface area (Å²) < 4.78 is 11.0. The number of methoxy groups -OCH3 is 1. The van der Waals surface area contributed by atoms with Gasteiger partial charge in [-0.3, -0.25) is 0 Å². The Morgan fingerprint density at radius 1 is 1.29 bits per heavy atom. The number of fused-ring (bicyclic) bond motifs is 1.